The van der Waals surface area contributed by atoms with Gasteiger partial charge in [-0.1, -0.05) is 12.8 Å². The van der Waals surface area contributed by atoms with Crippen LogP contribution in [0, 0.1) is 35.5 Å². The van der Waals surface area contributed by atoms with Crippen LogP contribution in [-0.4, -0.2) is 13.1 Å². The molecule has 1 nitrogen and oxygen atoms in total. The molecule has 4 aliphatic carbocycles. The Hall–Kier alpha value is -0.0400. The molecular formula is C16H27N. The Morgan fingerprint density at radius 1 is 0.647 bits per heavy atom. The molecule has 4 rings (SSSR count). The molecule has 4 bridgehead atoms. The zero-order valence-electron chi connectivity index (χ0n) is 11.0. The van der Waals surface area contributed by atoms with Gasteiger partial charge in [-0.25, -0.2) is 0 Å². The summed E-state index contributed by atoms with van der Waals surface area (Å²) in [5.41, 5.74) is 0. The van der Waals surface area contributed by atoms with Crippen molar-refractivity contribution < 1.29 is 0 Å². The van der Waals surface area contributed by atoms with Gasteiger partial charge in [-0.15, -0.1) is 0 Å². The fourth-order valence-electron chi connectivity index (χ4n) is 5.71. The molecule has 4 aliphatic rings. The van der Waals surface area contributed by atoms with Crippen molar-refractivity contribution in [2.45, 2.75) is 51.4 Å². The Kier molecular flexibility index (Phi) is 2.72. The third kappa shape index (κ3) is 1.95. The summed E-state index contributed by atoms with van der Waals surface area (Å²) in [4.78, 5) is 0. The summed E-state index contributed by atoms with van der Waals surface area (Å²) in [6, 6.07) is 0. The molecule has 4 fully saturated rings. The predicted octanol–water partition coefficient (Wildman–Crippen LogP) is 3.45. The van der Waals surface area contributed by atoms with E-state index in [2.05, 4.69) is 5.32 Å². The second kappa shape index (κ2) is 4.26. The maximum Gasteiger partial charge on any atom is -0.00176 e. The Balaban J connectivity index is 1.22. The SMILES string of the molecule is C1C[C@H]2C[C@@H]1C[C@H]2CNC[C@H]1C[C@H]2CC[C@@H]1C2. The monoisotopic (exact) mass is 233 g/mol. The summed E-state index contributed by atoms with van der Waals surface area (Å²) < 4.78 is 0. The van der Waals surface area contributed by atoms with Gasteiger partial charge < -0.3 is 5.32 Å². The minimum Gasteiger partial charge on any atom is -0.316 e. The van der Waals surface area contributed by atoms with Crippen molar-refractivity contribution in [1.82, 2.24) is 5.32 Å². The maximum absolute atomic E-state index is 3.84. The molecule has 0 unspecified atom stereocenters. The number of hydrogen-bond donors (Lipinski definition) is 1. The molecule has 17 heavy (non-hydrogen) atoms. The lowest BCUT2D eigenvalue weighted by atomic mass is 9.87. The zero-order chi connectivity index (χ0) is 11.2. The highest BCUT2D eigenvalue weighted by Gasteiger charge is 2.41. The molecule has 0 saturated heterocycles. The Labute approximate surface area is 106 Å². The summed E-state index contributed by atoms with van der Waals surface area (Å²) in [6.45, 7) is 2.68. The molecular weight excluding hydrogens is 206 g/mol. The van der Waals surface area contributed by atoms with E-state index in [0.717, 1.165) is 35.5 Å². The van der Waals surface area contributed by atoms with Gasteiger partial charge in [0.2, 0.25) is 0 Å². The average Bonchev–Trinajstić information content (AvgIpc) is 3.09. The molecule has 0 aliphatic heterocycles. The zero-order valence-corrected chi connectivity index (χ0v) is 11.0. The van der Waals surface area contributed by atoms with E-state index < -0.39 is 0 Å². The fraction of sp³-hybridized carbons (Fsp3) is 1.00. The van der Waals surface area contributed by atoms with Crippen LogP contribution in [-0.2, 0) is 0 Å². The number of rotatable bonds is 4. The molecule has 0 amide bonds. The van der Waals surface area contributed by atoms with Gasteiger partial charge in [0, 0.05) is 0 Å². The van der Waals surface area contributed by atoms with E-state index in [0.29, 0.717) is 0 Å². The van der Waals surface area contributed by atoms with Crippen LogP contribution in [0.15, 0.2) is 0 Å². The summed E-state index contributed by atoms with van der Waals surface area (Å²) in [5.74, 6) is 6.54. The molecule has 4 saturated carbocycles. The van der Waals surface area contributed by atoms with E-state index in [1.807, 2.05) is 0 Å². The van der Waals surface area contributed by atoms with Gasteiger partial charge in [0.1, 0.15) is 0 Å². The molecule has 0 aromatic carbocycles. The van der Waals surface area contributed by atoms with Crippen LogP contribution in [0.1, 0.15) is 51.4 Å². The second-order valence-electron chi connectivity index (χ2n) is 7.53. The first kappa shape index (κ1) is 10.8. The Bertz CT molecular complexity index is 259. The fourth-order valence-corrected chi connectivity index (χ4v) is 5.71. The van der Waals surface area contributed by atoms with Crippen LogP contribution < -0.4 is 5.32 Å². The lowest BCUT2D eigenvalue weighted by molar-refractivity contribution is 0.282. The maximum atomic E-state index is 3.84. The summed E-state index contributed by atoms with van der Waals surface area (Å²) in [6.07, 6.45) is 12.4. The lowest BCUT2D eigenvalue weighted by Crippen LogP contribution is -2.32. The summed E-state index contributed by atoms with van der Waals surface area (Å²) in [5, 5.41) is 3.84. The molecule has 0 heterocycles. The molecule has 0 radical (unpaired) electrons. The highest BCUT2D eigenvalue weighted by Crippen LogP contribution is 2.49. The van der Waals surface area contributed by atoms with E-state index in [9.17, 15) is 0 Å². The van der Waals surface area contributed by atoms with Crippen LogP contribution in [0.2, 0.25) is 0 Å². The van der Waals surface area contributed by atoms with Crippen molar-refractivity contribution in [1.29, 1.82) is 0 Å². The van der Waals surface area contributed by atoms with E-state index in [-0.39, 0.29) is 0 Å². The van der Waals surface area contributed by atoms with Crippen molar-refractivity contribution in [3.05, 3.63) is 0 Å². The Morgan fingerprint density at radius 2 is 1.18 bits per heavy atom. The molecule has 96 valence electrons. The van der Waals surface area contributed by atoms with Crippen LogP contribution in [0.4, 0.5) is 0 Å². The minimum atomic E-state index is 1.05. The van der Waals surface area contributed by atoms with E-state index in [1.54, 1.807) is 51.4 Å². The van der Waals surface area contributed by atoms with Gasteiger partial charge >= 0.3 is 0 Å². The van der Waals surface area contributed by atoms with Crippen LogP contribution in [0.25, 0.3) is 0 Å². The normalized spacial score (nSPS) is 51.5. The first-order chi connectivity index (χ1) is 8.38. The van der Waals surface area contributed by atoms with Crippen LogP contribution in [0.3, 0.4) is 0 Å². The Morgan fingerprint density at radius 3 is 1.53 bits per heavy atom. The second-order valence-corrected chi connectivity index (χ2v) is 7.53. The lowest BCUT2D eigenvalue weighted by Gasteiger charge is -2.25. The van der Waals surface area contributed by atoms with Crippen molar-refractivity contribution in [3.63, 3.8) is 0 Å². The smallest absolute Gasteiger partial charge is 0.00176 e. The molecule has 1 N–H and O–H groups in total. The highest BCUT2D eigenvalue weighted by molar-refractivity contribution is 4.93. The molecule has 0 aromatic rings. The van der Waals surface area contributed by atoms with Gasteiger partial charge in [0.25, 0.3) is 0 Å². The minimum absolute atomic E-state index is 1.05. The van der Waals surface area contributed by atoms with Crippen molar-refractivity contribution in [2.75, 3.05) is 13.1 Å². The molecule has 6 atom stereocenters. The van der Waals surface area contributed by atoms with Gasteiger partial charge in [-0.2, -0.15) is 0 Å². The predicted molar refractivity (Wildman–Crippen MR) is 70.7 cm³/mol. The number of hydrogen-bond acceptors (Lipinski definition) is 1. The van der Waals surface area contributed by atoms with Crippen LogP contribution in [0.5, 0.6) is 0 Å². The third-order valence-electron chi connectivity index (χ3n) is 6.58. The van der Waals surface area contributed by atoms with Crippen molar-refractivity contribution in [3.8, 4) is 0 Å². The summed E-state index contributed by atoms with van der Waals surface area (Å²) in [7, 11) is 0. The third-order valence-corrected chi connectivity index (χ3v) is 6.58. The number of fused-ring (bicyclic) bond motifs is 4. The van der Waals surface area contributed by atoms with Crippen molar-refractivity contribution >= 4 is 0 Å². The van der Waals surface area contributed by atoms with E-state index in [4.69, 9.17) is 0 Å². The molecule has 1 heteroatoms. The first-order valence-electron chi connectivity index (χ1n) is 8.09. The first-order valence-corrected chi connectivity index (χ1v) is 8.09. The van der Waals surface area contributed by atoms with Gasteiger partial charge in [0.15, 0.2) is 0 Å². The highest BCUT2D eigenvalue weighted by atomic mass is 14.9. The van der Waals surface area contributed by atoms with Crippen LogP contribution >= 0.6 is 0 Å². The van der Waals surface area contributed by atoms with E-state index in [1.165, 1.54) is 13.1 Å². The van der Waals surface area contributed by atoms with Gasteiger partial charge in [-0.3, -0.25) is 0 Å². The van der Waals surface area contributed by atoms with Crippen molar-refractivity contribution in [2.24, 2.45) is 35.5 Å². The topological polar surface area (TPSA) is 12.0 Å². The van der Waals surface area contributed by atoms with Gasteiger partial charge in [0.05, 0.1) is 0 Å². The quantitative estimate of drug-likeness (QED) is 0.784. The average molecular weight is 233 g/mol. The standard InChI is InChI=1S/C16H27N/c1-3-13-5-11(1)7-15(13)9-17-10-16-8-12-2-4-14(16)6-12/h11-17H,1-10H2/t11-,12+,13+,14-,15+,16-. The molecule has 0 aromatic heterocycles. The molecule has 0 spiro atoms. The van der Waals surface area contributed by atoms with E-state index >= 15 is 0 Å². The van der Waals surface area contributed by atoms with Gasteiger partial charge in [-0.05, 0) is 87.1 Å². The summed E-state index contributed by atoms with van der Waals surface area (Å²) >= 11 is 0. The number of nitrogens with one attached hydrogen (secondary N) is 1. The largest absolute Gasteiger partial charge is 0.316 e.